The topological polar surface area (TPSA) is 91.2 Å². The monoisotopic (exact) mass is 267 g/mol. The molecule has 7 heteroatoms. The predicted octanol–water partition coefficient (Wildman–Crippen LogP) is 1.97. The summed E-state index contributed by atoms with van der Waals surface area (Å²) in [7, 11) is 0. The van der Waals surface area contributed by atoms with Gasteiger partial charge in [0.25, 0.3) is 0 Å². The number of esters is 1. The second-order valence-corrected chi connectivity index (χ2v) is 4.02. The van der Waals surface area contributed by atoms with Crippen LogP contribution in [0.25, 0.3) is 0 Å². The van der Waals surface area contributed by atoms with Crippen LogP contribution in [0.5, 0.6) is 0 Å². The highest BCUT2D eigenvalue weighted by Crippen LogP contribution is 2.20. The molecular formula is C11H10ClN3O3. The van der Waals surface area contributed by atoms with Crippen LogP contribution >= 0.6 is 11.6 Å². The van der Waals surface area contributed by atoms with Gasteiger partial charge >= 0.3 is 5.97 Å². The zero-order valence-corrected chi connectivity index (χ0v) is 10.3. The van der Waals surface area contributed by atoms with Gasteiger partial charge < -0.3 is 10.5 Å². The minimum Gasteiger partial charge on any atom is -0.455 e. The zero-order valence-electron chi connectivity index (χ0n) is 9.51. The van der Waals surface area contributed by atoms with Gasteiger partial charge in [0.1, 0.15) is 18.0 Å². The molecule has 2 aromatic rings. The number of hydrogen-bond acceptors (Lipinski definition) is 6. The third-order valence-corrected chi connectivity index (χ3v) is 2.61. The first-order valence-corrected chi connectivity index (χ1v) is 5.46. The van der Waals surface area contributed by atoms with Gasteiger partial charge in [-0.15, -0.1) is 0 Å². The Morgan fingerprint density at radius 1 is 1.50 bits per heavy atom. The van der Waals surface area contributed by atoms with E-state index in [4.69, 9.17) is 22.1 Å². The Morgan fingerprint density at radius 2 is 2.28 bits per heavy atom. The van der Waals surface area contributed by atoms with Crippen molar-refractivity contribution in [2.75, 3.05) is 5.73 Å². The molecule has 0 aliphatic carbocycles. The SMILES string of the molecule is Cc1nonc1COC(=O)c1ccc(N)cc1Cl. The molecule has 0 aliphatic rings. The molecule has 6 nitrogen and oxygen atoms in total. The molecule has 0 unspecified atom stereocenters. The fraction of sp³-hybridized carbons (Fsp3) is 0.182. The van der Waals surface area contributed by atoms with Crippen molar-refractivity contribution in [1.29, 1.82) is 0 Å². The molecule has 0 radical (unpaired) electrons. The van der Waals surface area contributed by atoms with Crippen molar-refractivity contribution in [1.82, 2.24) is 10.3 Å². The van der Waals surface area contributed by atoms with E-state index in [0.29, 0.717) is 17.1 Å². The fourth-order valence-corrected chi connectivity index (χ4v) is 1.56. The molecular weight excluding hydrogens is 258 g/mol. The van der Waals surface area contributed by atoms with Crippen molar-refractivity contribution in [2.24, 2.45) is 0 Å². The third-order valence-electron chi connectivity index (χ3n) is 2.30. The largest absolute Gasteiger partial charge is 0.455 e. The number of halogens is 1. The van der Waals surface area contributed by atoms with Crippen LogP contribution in [0.15, 0.2) is 22.8 Å². The van der Waals surface area contributed by atoms with Gasteiger partial charge in [0.05, 0.1) is 10.6 Å². The van der Waals surface area contributed by atoms with Crippen molar-refractivity contribution in [2.45, 2.75) is 13.5 Å². The average Bonchev–Trinajstić information content (AvgIpc) is 2.72. The number of nitrogen functional groups attached to an aromatic ring is 1. The lowest BCUT2D eigenvalue weighted by atomic mass is 10.2. The van der Waals surface area contributed by atoms with Gasteiger partial charge in [-0.3, -0.25) is 0 Å². The lowest BCUT2D eigenvalue weighted by Gasteiger charge is -2.05. The van der Waals surface area contributed by atoms with Gasteiger partial charge in [0, 0.05) is 5.69 Å². The zero-order chi connectivity index (χ0) is 13.1. The maximum Gasteiger partial charge on any atom is 0.340 e. The molecule has 18 heavy (non-hydrogen) atoms. The maximum absolute atomic E-state index is 11.8. The Labute approximate surface area is 108 Å². The van der Waals surface area contributed by atoms with Crippen LogP contribution in [0.3, 0.4) is 0 Å². The number of aromatic nitrogens is 2. The van der Waals surface area contributed by atoms with Crippen molar-refractivity contribution in [3.63, 3.8) is 0 Å². The van der Waals surface area contributed by atoms with Crippen LogP contribution < -0.4 is 5.73 Å². The van der Waals surface area contributed by atoms with Gasteiger partial charge in [-0.25, -0.2) is 9.42 Å². The molecule has 0 saturated carbocycles. The summed E-state index contributed by atoms with van der Waals surface area (Å²) < 4.78 is 9.54. The van der Waals surface area contributed by atoms with Crippen molar-refractivity contribution < 1.29 is 14.2 Å². The van der Waals surface area contributed by atoms with Crippen LogP contribution in [0.1, 0.15) is 21.7 Å². The molecule has 0 fully saturated rings. The summed E-state index contributed by atoms with van der Waals surface area (Å²) in [5.41, 5.74) is 7.30. The highest BCUT2D eigenvalue weighted by molar-refractivity contribution is 6.33. The molecule has 0 atom stereocenters. The summed E-state index contributed by atoms with van der Waals surface area (Å²) in [6, 6.07) is 4.57. The minimum absolute atomic E-state index is 0.0190. The van der Waals surface area contributed by atoms with Crippen LogP contribution in [-0.4, -0.2) is 16.3 Å². The molecule has 2 N–H and O–H groups in total. The van der Waals surface area contributed by atoms with E-state index >= 15 is 0 Å². The second kappa shape index (κ2) is 5.05. The van der Waals surface area contributed by atoms with Crippen molar-refractivity contribution in [3.8, 4) is 0 Å². The molecule has 0 bridgehead atoms. The Morgan fingerprint density at radius 3 is 2.89 bits per heavy atom. The van der Waals surface area contributed by atoms with E-state index in [9.17, 15) is 4.79 Å². The highest BCUT2D eigenvalue weighted by Gasteiger charge is 2.14. The molecule has 0 aliphatic heterocycles. The van der Waals surface area contributed by atoms with Gasteiger partial charge in [-0.2, -0.15) is 0 Å². The molecule has 1 aromatic carbocycles. The quantitative estimate of drug-likeness (QED) is 0.675. The average molecular weight is 268 g/mol. The number of carbonyl (C=O) groups excluding carboxylic acids is 1. The Kier molecular flexibility index (Phi) is 3.47. The summed E-state index contributed by atoms with van der Waals surface area (Å²) in [5.74, 6) is -0.553. The first-order chi connectivity index (χ1) is 8.58. The highest BCUT2D eigenvalue weighted by atomic mass is 35.5. The first kappa shape index (κ1) is 12.4. The smallest absolute Gasteiger partial charge is 0.340 e. The number of aryl methyl sites for hydroxylation is 1. The molecule has 2 rings (SSSR count). The first-order valence-electron chi connectivity index (χ1n) is 5.08. The van der Waals surface area contributed by atoms with Crippen molar-refractivity contribution in [3.05, 3.63) is 40.2 Å². The van der Waals surface area contributed by atoms with E-state index in [1.54, 1.807) is 13.0 Å². The summed E-state index contributed by atoms with van der Waals surface area (Å²) in [6.07, 6.45) is 0. The van der Waals surface area contributed by atoms with E-state index < -0.39 is 5.97 Å². The molecule has 0 spiro atoms. The maximum atomic E-state index is 11.8. The van der Waals surface area contributed by atoms with Crippen LogP contribution in [0.2, 0.25) is 5.02 Å². The Balaban J connectivity index is 2.06. The number of benzene rings is 1. The second-order valence-electron chi connectivity index (χ2n) is 3.61. The predicted molar refractivity (Wildman–Crippen MR) is 64.0 cm³/mol. The van der Waals surface area contributed by atoms with E-state index in [1.165, 1.54) is 12.1 Å². The third kappa shape index (κ3) is 2.60. The lowest BCUT2D eigenvalue weighted by Crippen LogP contribution is -2.07. The van der Waals surface area contributed by atoms with E-state index in [0.717, 1.165) is 0 Å². The van der Waals surface area contributed by atoms with Crippen molar-refractivity contribution >= 4 is 23.3 Å². The molecule has 94 valence electrons. The number of hydrogen-bond donors (Lipinski definition) is 1. The Bertz CT molecular complexity index is 583. The van der Waals surface area contributed by atoms with Gasteiger partial charge in [0.15, 0.2) is 0 Å². The van der Waals surface area contributed by atoms with Gasteiger partial charge in [-0.1, -0.05) is 21.9 Å². The summed E-state index contributed by atoms with van der Waals surface area (Å²) in [5, 5.41) is 7.42. The number of rotatable bonds is 3. The van der Waals surface area contributed by atoms with E-state index in [-0.39, 0.29) is 17.2 Å². The normalized spacial score (nSPS) is 10.3. The lowest BCUT2D eigenvalue weighted by molar-refractivity contribution is 0.0463. The molecule has 0 saturated heterocycles. The number of ether oxygens (including phenoxy) is 1. The molecule has 0 amide bonds. The summed E-state index contributed by atoms with van der Waals surface area (Å²) >= 11 is 5.89. The molecule has 1 aromatic heterocycles. The Hall–Kier alpha value is -2.08. The summed E-state index contributed by atoms with van der Waals surface area (Å²) in [4.78, 5) is 11.8. The minimum atomic E-state index is -0.553. The molecule has 1 heterocycles. The van der Waals surface area contributed by atoms with Crippen LogP contribution in [0, 0.1) is 6.92 Å². The number of anilines is 1. The number of nitrogens with two attached hydrogens (primary N) is 1. The van der Waals surface area contributed by atoms with E-state index in [2.05, 4.69) is 14.9 Å². The van der Waals surface area contributed by atoms with Crippen LogP contribution in [0.4, 0.5) is 5.69 Å². The van der Waals surface area contributed by atoms with Gasteiger partial charge in [0.2, 0.25) is 0 Å². The van der Waals surface area contributed by atoms with Gasteiger partial charge in [-0.05, 0) is 25.1 Å². The number of carbonyl (C=O) groups is 1. The standard InChI is InChI=1S/C11H10ClN3O3/c1-6-10(15-18-14-6)5-17-11(16)8-3-2-7(13)4-9(8)12/h2-4H,5,13H2,1H3. The number of nitrogens with zero attached hydrogens (tertiary/aromatic N) is 2. The van der Waals surface area contributed by atoms with Crippen LogP contribution in [-0.2, 0) is 11.3 Å². The summed E-state index contributed by atoms with van der Waals surface area (Å²) in [6.45, 7) is 1.69. The fourth-order valence-electron chi connectivity index (χ4n) is 1.29. The van der Waals surface area contributed by atoms with E-state index in [1.807, 2.05) is 0 Å².